The van der Waals surface area contributed by atoms with E-state index in [1.165, 1.54) is 0 Å². The predicted molar refractivity (Wildman–Crippen MR) is 72.2 cm³/mol. The normalized spacial score (nSPS) is 12.2. The summed E-state index contributed by atoms with van der Waals surface area (Å²) in [5, 5.41) is 2.90. The number of nitrogens with zero attached hydrogens (tertiary/aromatic N) is 1. The molecule has 0 aliphatic heterocycles. The molecule has 0 saturated carbocycles. The van der Waals surface area contributed by atoms with Crippen molar-refractivity contribution in [3.63, 3.8) is 0 Å². The van der Waals surface area contributed by atoms with Gasteiger partial charge in [-0.15, -0.1) is 0 Å². The number of nitrogens with one attached hydrogen (secondary N) is 2. The molecule has 0 heterocycles. The molecule has 18 heavy (non-hydrogen) atoms. The number of guanidine groups is 1. The SMILES string of the molecule is COCCN=C(Nc1ccccc1)NS(C)(=O)=O. The third kappa shape index (κ3) is 6.21. The molecular formula is C11H17N3O3S. The van der Waals surface area contributed by atoms with Crippen LogP contribution in [0.25, 0.3) is 0 Å². The fourth-order valence-corrected chi connectivity index (χ4v) is 1.65. The van der Waals surface area contributed by atoms with Crippen LogP contribution in [0.4, 0.5) is 5.69 Å². The van der Waals surface area contributed by atoms with Crippen LogP contribution < -0.4 is 10.0 Å². The molecule has 0 aliphatic rings. The van der Waals surface area contributed by atoms with E-state index in [0.717, 1.165) is 11.9 Å². The molecule has 0 unspecified atom stereocenters. The van der Waals surface area contributed by atoms with Gasteiger partial charge in [-0.2, -0.15) is 0 Å². The largest absolute Gasteiger partial charge is 0.383 e. The molecule has 2 N–H and O–H groups in total. The number of hydrogen-bond donors (Lipinski definition) is 2. The molecule has 0 fully saturated rings. The van der Waals surface area contributed by atoms with Gasteiger partial charge in [0.1, 0.15) is 0 Å². The Balaban J connectivity index is 2.74. The zero-order chi connectivity index (χ0) is 13.4. The first kappa shape index (κ1) is 14.5. The summed E-state index contributed by atoms with van der Waals surface area (Å²) >= 11 is 0. The van der Waals surface area contributed by atoms with Crippen LogP contribution in [-0.4, -0.2) is 40.9 Å². The highest BCUT2D eigenvalue weighted by Crippen LogP contribution is 2.04. The molecule has 1 aromatic carbocycles. The van der Waals surface area contributed by atoms with Gasteiger partial charge < -0.3 is 10.1 Å². The molecule has 1 rings (SSSR count). The summed E-state index contributed by atoms with van der Waals surface area (Å²) in [6.07, 6.45) is 1.07. The van der Waals surface area contributed by atoms with Gasteiger partial charge in [0.25, 0.3) is 0 Å². The minimum atomic E-state index is -3.36. The van der Waals surface area contributed by atoms with Gasteiger partial charge >= 0.3 is 0 Å². The Kier molecular flexibility index (Phi) is 5.60. The lowest BCUT2D eigenvalue weighted by molar-refractivity contribution is 0.208. The summed E-state index contributed by atoms with van der Waals surface area (Å²) in [5.74, 6) is 0.181. The van der Waals surface area contributed by atoms with E-state index in [1.54, 1.807) is 7.11 Å². The van der Waals surface area contributed by atoms with Crippen LogP contribution in [0.3, 0.4) is 0 Å². The van der Waals surface area contributed by atoms with E-state index in [2.05, 4.69) is 15.0 Å². The topological polar surface area (TPSA) is 79.8 Å². The molecule has 100 valence electrons. The third-order valence-corrected chi connectivity index (χ3v) is 2.45. The maximum absolute atomic E-state index is 11.2. The van der Waals surface area contributed by atoms with E-state index >= 15 is 0 Å². The Morgan fingerprint density at radius 2 is 2.00 bits per heavy atom. The van der Waals surface area contributed by atoms with Crippen molar-refractivity contribution in [3.8, 4) is 0 Å². The monoisotopic (exact) mass is 271 g/mol. The molecule has 0 amide bonds. The van der Waals surface area contributed by atoms with E-state index in [9.17, 15) is 8.42 Å². The van der Waals surface area contributed by atoms with Crippen molar-refractivity contribution < 1.29 is 13.2 Å². The van der Waals surface area contributed by atoms with E-state index in [1.807, 2.05) is 30.3 Å². The standard InChI is InChI=1S/C11H17N3O3S/c1-17-9-8-12-11(14-18(2,15)16)13-10-6-4-3-5-7-10/h3-7H,8-9H2,1-2H3,(H2,12,13,14). The van der Waals surface area contributed by atoms with Gasteiger partial charge in [-0.3, -0.25) is 4.72 Å². The maximum Gasteiger partial charge on any atom is 0.232 e. The number of hydrogen-bond acceptors (Lipinski definition) is 4. The Morgan fingerprint density at radius 3 is 2.56 bits per heavy atom. The number of ether oxygens (including phenoxy) is 1. The molecule has 6 nitrogen and oxygen atoms in total. The smallest absolute Gasteiger partial charge is 0.232 e. The molecule has 0 atom stereocenters. The molecule has 1 aromatic rings. The minimum absolute atomic E-state index is 0.181. The minimum Gasteiger partial charge on any atom is -0.383 e. The summed E-state index contributed by atoms with van der Waals surface area (Å²) in [6, 6.07) is 9.19. The summed E-state index contributed by atoms with van der Waals surface area (Å²) in [7, 11) is -1.81. The van der Waals surface area contributed by atoms with Crippen LogP contribution in [0, 0.1) is 0 Å². The Morgan fingerprint density at radius 1 is 1.33 bits per heavy atom. The van der Waals surface area contributed by atoms with Crippen molar-refractivity contribution >= 4 is 21.7 Å². The predicted octanol–water partition coefficient (Wildman–Crippen LogP) is 0.650. The average molecular weight is 271 g/mol. The molecule has 0 radical (unpaired) electrons. The number of para-hydroxylation sites is 1. The zero-order valence-electron chi connectivity index (χ0n) is 10.4. The van der Waals surface area contributed by atoms with Gasteiger partial charge in [0.15, 0.2) is 0 Å². The van der Waals surface area contributed by atoms with Crippen molar-refractivity contribution in [2.45, 2.75) is 0 Å². The highest BCUT2D eigenvalue weighted by molar-refractivity contribution is 7.89. The average Bonchev–Trinajstić information content (AvgIpc) is 2.28. The van der Waals surface area contributed by atoms with Crippen LogP contribution in [0.1, 0.15) is 0 Å². The number of methoxy groups -OCH3 is 1. The molecule has 0 saturated heterocycles. The van der Waals surface area contributed by atoms with E-state index in [0.29, 0.717) is 13.2 Å². The van der Waals surface area contributed by atoms with Gasteiger partial charge in [0, 0.05) is 12.8 Å². The Hall–Kier alpha value is -1.60. The number of benzene rings is 1. The molecule has 0 aliphatic carbocycles. The maximum atomic E-state index is 11.2. The van der Waals surface area contributed by atoms with E-state index < -0.39 is 10.0 Å². The summed E-state index contributed by atoms with van der Waals surface area (Å²) in [6.45, 7) is 0.791. The number of aliphatic imine (C=N–C) groups is 1. The second kappa shape index (κ2) is 6.97. The quantitative estimate of drug-likeness (QED) is 0.468. The van der Waals surface area contributed by atoms with Crippen LogP contribution in [-0.2, 0) is 14.8 Å². The van der Waals surface area contributed by atoms with Gasteiger partial charge in [-0.25, -0.2) is 13.4 Å². The number of rotatable bonds is 5. The lowest BCUT2D eigenvalue weighted by Gasteiger charge is -2.10. The summed E-state index contributed by atoms with van der Waals surface area (Å²) in [4.78, 5) is 4.08. The van der Waals surface area contributed by atoms with Crippen molar-refractivity contribution in [2.75, 3.05) is 31.8 Å². The molecule has 0 spiro atoms. The van der Waals surface area contributed by atoms with Crippen molar-refractivity contribution in [2.24, 2.45) is 4.99 Å². The third-order valence-electron chi connectivity index (χ3n) is 1.88. The Bertz CT molecular complexity index is 486. The number of anilines is 1. The van der Waals surface area contributed by atoms with Crippen molar-refractivity contribution in [1.82, 2.24) is 4.72 Å². The van der Waals surface area contributed by atoms with Crippen molar-refractivity contribution in [1.29, 1.82) is 0 Å². The second-order valence-corrected chi connectivity index (χ2v) is 5.34. The first-order valence-corrected chi connectivity index (χ1v) is 7.23. The Labute approximate surface area is 107 Å². The highest BCUT2D eigenvalue weighted by Gasteiger charge is 2.06. The fraction of sp³-hybridized carbons (Fsp3) is 0.364. The highest BCUT2D eigenvalue weighted by atomic mass is 32.2. The van der Waals surface area contributed by atoms with E-state index in [-0.39, 0.29) is 5.96 Å². The first-order chi connectivity index (χ1) is 8.51. The lowest BCUT2D eigenvalue weighted by Crippen LogP contribution is -2.35. The number of sulfonamides is 1. The lowest BCUT2D eigenvalue weighted by atomic mass is 10.3. The molecule has 7 heteroatoms. The fourth-order valence-electron chi connectivity index (χ4n) is 1.18. The summed E-state index contributed by atoms with van der Waals surface area (Å²) < 4.78 is 29.6. The molecule has 0 bridgehead atoms. The van der Waals surface area contributed by atoms with Crippen molar-refractivity contribution in [3.05, 3.63) is 30.3 Å². The zero-order valence-corrected chi connectivity index (χ0v) is 11.2. The van der Waals surface area contributed by atoms with Crippen LogP contribution in [0.15, 0.2) is 35.3 Å². The van der Waals surface area contributed by atoms with Gasteiger partial charge in [0.2, 0.25) is 16.0 Å². The van der Waals surface area contributed by atoms with Crippen LogP contribution >= 0.6 is 0 Å². The molecular weight excluding hydrogens is 254 g/mol. The van der Waals surface area contributed by atoms with Crippen LogP contribution in [0.5, 0.6) is 0 Å². The summed E-state index contributed by atoms with van der Waals surface area (Å²) in [5.41, 5.74) is 0.754. The molecule has 0 aromatic heterocycles. The van der Waals surface area contributed by atoms with Gasteiger partial charge in [-0.05, 0) is 12.1 Å². The van der Waals surface area contributed by atoms with Gasteiger partial charge in [-0.1, -0.05) is 18.2 Å². The second-order valence-electron chi connectivity index (χ2n) is 3.59. The van der Waals surface area contributed by atoms with Gasteiger partial charge in [0.05, 0.1) is 19.4 Å². The van der Waals surface area contributed by atoms with E-state index in [4.69, 9.17) is 4.74 Å². The van der Waals surface area contributed by atoms with Crippen LogP contribution in [0.2, 0.25) is 0 Å². The first-order valence-electron chi connectivity index (χ1n) is 5.34.